The van der Waals surface area contributed by atoms with Crippen molar-refractivity contribution in [3.63, 3.8) is 0 Å². The van der Waals surface area contributed by atoms with Gasteiger partial charge in [-0.3, -0.25) is 4.79 Å². The van der Waals surface area contributed by atoms with Crippen LogP contribution in [0.25, 0.3) is 0 Å². The predicted octanol–water partition coefficient (Wildman–Crippen LogP) is 2.77. The zero-order valence-corrected chi connectivity index (χ0v) is 18.7. The molecule has 148 valence electrons. The van der Waals surface area contributed by atoms with Crippen molar-refractivity contribution in [2.75, 3.05) is 33.8 Å². The average molecular weight is 468 g/mol. The van der Waals surface area contributed by atoms with Gasteiger partial charge in [-0.1, -0.05) is 26.2 Å². The van der Waals surface area contributed by atoms with Crippen LogP contribution in [0.5, 0.6) is 0 Å². The monoisotopic (exact) mass is 468 g/mol. The summed E-state index contributed by atoms with van der Waals surface area (Å²) >= 11 is 0. The number of hydrogen-bond acceptors (Lipinski definition) is 3. The minimum atomic E-state index is 0. The Morgan fingerprint density at radius 1 is 1.28 bits per heavy atom. The van der Waals surface area contributed by atoms with Crippen LogP contribution in [0.15, 0.2) is 4.99 Å². The second-order valence-corrected chi connectivity index (χ2v) is 6.82. The van der Waals surface area contributed by atoms with Crippen molar-refractivity contribution < 1.29 is 9.53 Å². The lowest BCUT2D eigenvalue weighted by Crippen LogP contribution is -2.43. The van der Waals surface area contributed by atoms with E-state index in [4.69, 9.17) is 4.74 Å². The van der Waals surface area contributed by atoms with Crippen molar-refractivity contribution in [1.82, 2.24) is 15.5 Å². The zero-order valence-electron chi connectivity index (χ0n) is 16.3. The van der Waals surface area contributed by atoms with Crippen molar-refractivity contribution >= 4 is 35.8 Å². The molecule has 0 bridgehead atoms. The quantitative estimate of drug-likeness (QED) is 0.237. The van der Waals surface area contributed by atoms with E-state index in [1.165, 1.54) is 32.1 Å². The van der Waals surface area contributed by atoms with Gasteiger partial charge in [-0.15, -0.1) is 24.0 Å². The van der Waals surface area contributed by atoms with Gasteiger partial charge in [0.25, 0.3) is 0 Å². The second kappa shape index (κ2) is 14.6. The number of likely N-dealkylation sites (N-methyl/N-ethyl adjacent to an activating group) is 1. The lowest BCUT2D eigenvalue weighted by atomic mass is 9.98. The summed E-state index contributed by atoms with van der Waals surface area (Å²) in [5, 5.41) is 6.63. The third kappa shape index (κ3) is 11.6. The molecule has 0 aromatic heterocycles. The number of aliphatic imine (C=N–C) groups is 1. The number of guanidine groups is 1. The Labute approximate surface area is 170 Å². The maximum absolute atomic E-state index is 11.7. The van der Waals surface area contributed by atoms with E-state index in [1.54, 1.807) is 19.0 Å². The summed E-state index contributed by atoms with van der Waals surface area (Å²) in [7, 11) is 3.49. The van der Waals surface area contributed by atoms with Gasteiger partial charge in [-0.05, 0) is 32.6 Å². The van der Waals surface area contributed by atoms with Gasteiger partial charge in [0, 0.05) is 33.3 Å². The molecule has 0 radical (unpaired) electrons. The van der Waals surface area contributed by atoms with E-state index in [9.17, 15) is 4.79 Å². The van der Waals surface area contributed by atoms with Crippen molar-refractivity contribution in [1.29, 1.82) is 0 Å². The molecule has 25 heavy (non-hydrogen) atoms. The van der Waals surface area contributed by atoms with Gasteiger partial charge in [0.2, 0.25) is 5.91 Å². The molecule has 0 spiro atoms. The van der Waals surface area contributed by atoms with Crippen LogP contribution < -0.4 is 10.6 Å². The Balaban J connectivity index is 0.00000576. The summed E-state index contributed by atoms with van der Waals surface area (Å²) in [5.41, 5.74) is 0. The topological polar surface area (TPSA) is 66.0 Å². The van der Waals surface area contributed by atoms with Crippen LogP contribution in [0.1, 0.15) is 58.8 Å². The largest absolute Gasteiger partial charge is 0.378 e. The molecule has 1 amide bonds. The molecule has 1 aliphatic carbocycles. The Morgan fingerprint density at radius 3 is 2.56 bits per heavy atom. The first kappa shape index (κ1) is 24.4. The van der Waals surface area contributed by atoms with E-state index in [-0.39, 0.29) is 36.4 Å². The number of carbonyl (C=O) groups is 1. The fourth-order valence-electron chi connectivity index (χ4n) is 2.54. The summed E-state index contributed by atoms with van der Waals surface area (Å²) in [4.78, 5) is 17.6. The summed E-state index contributed by atoms with van der Waals surface area (Å²) in [6.07, 6.45) is 8.80. The van der Waals surface area contributed by atoms with Crippen LogP contribution in [-0.2, 0) is 9.53 Å². The van der Waals surface area contributed by atoms with Gasteiger partial charge < -0.3 is 20.3 Å². The molecule has 6 nitrogen and oxygen atoms in total. The predicted molar refractivity (Wildman–Crippen MR) is 115 cm³/mol. The van der Waals surface area contributed by atoms with E-state index < -0.39 is 0 Å². The number of carbonyl (C=O) groups excluding carboxylic acids is 1. The van der Waals surface area contributed by atoms with Crippen LogP contribution in [-0.4, -0.2) is 62.7 Å². The first-order valence-corrected chi connectivity index (χ1v) is 9.39. The van der Waals surface area contributed by atoms with Gasteiger partial charge in [-0.25, -0.2) is 4.99 Å². The smallest absolute Gasteiger partial charge is 0.243 e. The highest BCUT2D eigenvalue weighted by atomic mass is 127. The molecule has 1 unspecified atom stereocenters. The molecule has 2 N–H and O–H groups in total. The van der Waals surface area contributed by atoms with E-state index in [0.717, 1.165) is 26.0 Å². The van der Waals surface area contributed by atoms with Crippen molar-refractivity contribution in [3.05, 3.63) is 0 Å². The van der Waals surface area contributed by atoms with Crippen molar-refractivity contribution in [2.24, 2.45) is 4.99 Å². The summed E-state index contributed by atoms with van der Waals surface area (Å²) in [6.45, 7) is 5.98. The van der Waals surface area contributed by atoms with Crippen LogP contribution in [0.2, 0.25) is 0 Å². The summed E-state index contributed by atoms with van der Waals surface area (Å²) in [5.74, 6) is 0.707. The molecule has 1 atom stereocenters. The second-order valence-electron chi connectivity index (χ2n) is 6.82. The minimum absolute atomic E-state index is 0. The van der Waals surface area contributed by atoms with Crippen LogP contribution in [0.3, 0.4) is 0 Å². The van der Waals surface area contributed by atoms with E-state index in [2.05, 4.69) is 29.5 Å². The van der Waals surface area contributed by atoms with E-state index >= 15 is 0 Å². The SMILES string of the molecule is CCC(C)NC(=NCC(=O)N(C)C)NCCCOC1CCCCC1.I. The Bertz CT molecular complexity index is 385. The maximum Gasteiger partial charge on any atom is 0.243 e. The Kier molecular flexibility index (Phi) is 14.3. The highest BCUT2D eigenvalue weighted by Crippen LogP contribution is 2.20. The van der Waals surface area contributed by atoms with E-state index in [0.29, 0.717) is 18.1 Å². The maximum atomic E-state index is 11.7. The molecule has 0 heterocycles. The zero-order chi connectivity index (χ0) is 17.8. The van der Waals surface area contributed by atoms with Crippen LogP contribution >= 0.6 is 24.0 Å². The van der Waals surface area contributed by atoms with Gasteiger partial charge in [0.1, 0.15) is 6.54 Å². The standard InChI is InChI=1S/C18H36N4O2.HI/c1-5-15(2)21-18(20-14-17(23)22(3)4)19-12-9-13-24-16-10-7-6-8-11-16;/h15-16H,5-14H2,1-4H3,(H2,19,20,21);1H. The first-order chi connectivity index (χ1) is 11.5. The molecule has 0 aliphatic heterocycles. The Hall–Kier alpha value is -0.570. The Morgan fingerprint density at radius 2 is 1.96 bits per heavy atom. The van der Waals surface area contributed by atoms with Crippen LogP contribution in [0, 0.1) is 0 Å². The number of amides is 1. The molecule has 1 aliphatic rings. The third-order valence-electron chi connectivity index (χ3n) is 4.39. The lowest BCUT2D eigenvalue weighted by molar-refractivity contribution is -0.127. The normalized spacial score (nSPS) is 16.7. The molecular weight excluding hydrogens is 431 g/mol. The van der Waals surface area contributed by atoms with Crippen molar-refractivity contribution in [2.45, 2.75) is 70.9 Å². The third-order valence-corrected chi connectivity index (χ3v) is 4.39. The first-order valence-electron chi connectivity index (χ1n) is 9.39. The number of rotatable bonds is 9. The molecule has 0 saturated heterocycles. The highest BCUT2D eigenvalue weighted by Gasteiger charge is 2.13. The lowest BCUT2D eigenvalue weighted by Gasteiger charge is -2.22. The molecular formula is C18H37IN4O2. The molecule has 1 saturated carbocycles. The van der Waals surface area contributed by atoms with Gasteiger partial charge in [0.15, 0.2) is 5.96 Å². The summed E-state index contributed by atoms with van der Waals surface area (Å²) < 4.78 is 5.94. The summed E-state index contributed by atoms with van der Waals surface area (Å²) in [6, 6.07) is 0.323. The van der Waals surface area contributed by atoms with Crippen molar-refractivity contribution in [3.8, 4) is 0 Å². The average Bonchev–Trinajstić information content (AvgIpc) is 2.59. The number of nitrogens with zero attached hydrogens (tertiary/aromatic N) is 2. The van der Waals surface area contributed by atoms with Gasteiger partial charge in [0.05, 0.1) is 6.10 Å². The number of ether oxygens (including phenoxy) is 1. The highest BCUT2D eigenvalue weighted by molar-refractivity contribution is 14.0. The minimum Gasteiger partial charge on any atom is -0.378 e. The fraction of sp³-hybridized carbons (Fsp3) is 0.889. The number of halogens is 1. The molecule has 1 fully saturated rings. The molecule has 0 aromatic rings. The van der Waals surface area contributed by atoms with Gasteiger partial charge >= 0.3 is 0 Å². The number of hydrogen-bond donors (Lipinski definition) is 2. The molecule has 1 rings (SSSR count). The molecule has 0 aromatic carbocycles. The van der Waals surface area contributed by atoms with Crippen LogP contribution in [0.4, 0.5) is 0 Å². The fourth-order valence-corrected chi connectivity index (χ4v) is 2.54. The number of nitrogens with one attached hydrogen (secondary N) is 2. The van der Waals surface area contributed by atoms with E-state index in [1.807, 2.05) is 0 Å². The molecule has 7 heteroatoms. The van der Waals surface area contributed by atoms with Gasteiger partial charge in [-0.2, -0.15) is 0 Å².